The molecule has 1 N–H and O–H groups in total. The highest BCUT2D eigenvalue weighted by Crippen LogP contribution is 2.20. The summed E-state index contributed by atoms with van der Waals surface area (Å²) in [6.45, 7) is 1.50. The number of aryl methyl sites for hydroxylation is 2. The monoisotopic (exact) mass is 367 g/mol. The predicted molar refractivity (Wildman–Crippen MR) is 85.1 cm³/mol. The molecule has 0 saturated carbocycles. The van der Waals surface area contributed by atoms with Crippen molar-refractivity contribution in [2.45, 2.75) is 13.5 Å². The molecule has 0 amide bonds. The van der Waals surface area contributed by atoms with Crippen molar-refractivity contribution in [1.29, 1.82) is 0 Å². The van der Waals surface area contributed by atoms with Gasteiger partial charge in [0.15, 0.2) is 17.5 Å². The third kappa shape index (κ3) is 3.30. The summed E-state index contributed by atoms with van der Waals surface area (Å²) < 4.78 is 56.2. The normalized spacial score (nSPS) is 11.0. The van der Waals surface area contributed by atoms with E-state index < -0.39 is 28.8 Å². The molecule has 2 heterocycles. The Bertz CT molecular complexity index is 1000. The van der Waals surface area contributed by atoms with Crippen LogP contribution in [0.3, 0.4) is 0 Å². The number of benzene rings is 1. The molecule has 0 unspecified atom stereocenters. The zero-order valence-electron chi connectivity index (χ0n) is 13.7. The van der Waals surface area contributed by atoms with Crippen LogP contribution in [0.25, 0.3) is 0 Å². The van der Waals surface area contributed by atoms with Crippen LogP contribution in [0.5, 0.6) is 0 Å². The molecule has 0 atom stereocenters. The lowest BCUT2D eigenvalue weighted by molar-refractivity contribution is 0.444. The van der Waals surface area contributed by atoms with Gasteiger partial charge in [-0.1, -0.05) is 0 Å². The third-order valence-corrected chi connectivity index (χ3v) is 3.70. The average molecular weight is 367 g/mol. The van der Waals surface area contributed by atoms with Gasteiger partial charge in [-0.15, -0.1) is 0 Å². The number of hydrogen-bond donors (Lipinski definition) is 1. The largest absolute Gasteiger partial charge is 0.311 e. The number of hydrogen-bond acceptors (Lipinski definition) is 4. The zero-order chi connectivity index (χ0) is 19.0. The standard InChI is InChI=1S/C16H13F4N5O/c1-8-5-21-24(2)14(8)22-16-23-15(26)12(19)7-25(16)6-9-3-10(17)13(20)11(18)4-9/h3-5,7H,6H2,1-2H3,(H,22,23,26). The maximum atomic E-state index is 13.7. The molecule has 0 aliphatic rings. The Balaban J connectivity index is 2.04. The first-order valence-electron chi connectivity index (χ1n) is 7.42. The molecule has 2 aromatic heterocycles. The second-order valence-corrected chi connectivity index (χ2v) is 5.64. The molecule has 1 aromatic carbocycles. The van der Waals surface area contributed by atoms with Crippen LogP contribution >= 0.6 is 0 Å². The van der Waals surface area contributed by atoms with Crippen molar-refractivity contribution in [3.63, 3.8) is 0 Å². The van der Waals surface area contributed by atoms with E-state index in [9.17, 15) is 22.4 Å². The Morgan fingerprint density at radius 1 is 1.12 bits per heavy atom. The molecule has 3 rings (SSSR count). The number of anilines is 2. The van der Waals surface area contributed by atoms with Gasteiger partial charge in [0.05, 0.1) is 12.7 Å². The van der Waals surface area contributed by atoms with E-state index in [1.54, 1.807) is 20.2 Å². The topological polar surface area (TPSA) is 64.7 Å². The minimum absolute atomic E-state index is 0.0241. The van der Waals surface area contributed by atoms with Crippen molar-refractivity contribution in [3.05, 3.63) is 69.3 Å². The van der Waals surface area contributed by atoms with Gasteiger partial charge in [0.1, 0.15) is 5.82 Å². The van der Waals surface area contributed by atoms with E-state index in [1.807, 2.05) is 0 Å². The van der Waals surface area contributed by atoms with Gasteiger partial charge < -0.3 is 9.88 Å². The molecular formula is C16H13F4N5O. The fourth-order valence-corrected chi connectivity index (χ4v) is 2.42. The Morgan fingerprint density at radius 2 is 1.77 bits per heavy atom. The summed E-state index contributed by atoms with van der Waals surface area (Å²) in [4.78, 5) is 15.2. The first-order valence-corrected chi connectivity index (χ1v) is 7.42. The molecule has 10 heteroatoms. The summed E-state index contributed by atoms with van der Waals surface area (Å²) in [5.74, 6) is -5.04. The molecule has 0 aliphatic heterocycles. The summed E-state index contributed by atoms with van der Waals surface area (Å²) in [5, 5.41) is 6.87. The van der Waals surface area contributed by atoms with Crippen LogP contribution in [0.1, 0.15) is 11.1 Å². The van der Waals surface area contributed by atoms with E-state index in [0.717, 1.165) is 28.5 Å². The van der Waals surface area contributed by atoms with Gasteiger partial charge in [-0.25, -0.2) is 13.2 Å². The van der Waals surface area contributed by atoms with E-state index in [0.29, 0.717) is 5.82 Å². The molecule has 0 radical (unpaired) electrons. The lowest BCUT2D eigenvalue weighted by Gasteiger charge is -2.15. The van der Waals surface area contributed by atoms with Gasteiger partial charge in [-0.3, -0.25) is 9.48 Å². The second kappa shape index (κ2) is 6.62. The maximum absolute atomic E-state index is 13.7. The summed E-state index contributed by atoms with van der Waals surface area (Å²) in [5.41, 5.74) is -0.340. The summed E-state index contributed by atoms with van der Waals surface area (Å²) >= 11 is 0. The van der Waals surface area contributed by atoms with Crippen LogP contribution in [0, 0.1) is 30.2 Å². The first-order chi connectivity index (χ1) is 12.3. The Kier molecular flexibility index (Phi) is 4.49. The number of rotatable bonds is 4. The van der Waals surface area contributed by atoms with Gasteiger partial charge in [0.25, 0.3) is 0 Å². The zero-order valence-corrected chi connectivity index (χ0v) is 13.7. The van der Waals surface area contributed by atoms with Crippen LogP contribution in [0.15, 0.2) is 29.3 Å². The number of nitrogens with zero attached hydrogens (tertiary/aromatic N) is 4. The Labute approximate surface area is 144 Å². The van der Waals surface area contributed by atoms with Crippen LogP contribution in [0.4, 0.5) is 29.3 Å². The van der Waals surface area contributed by atoms with Crippen LogP contribution in [0.2, 0.25) is 0 Å². The number of aromatic nitrogens is 4. The van der Waals surface area contributed by atoms with E-state index in [-0.39, 0.29) is 18.1 Å². The van der Waals surface area contributed by atoms with Crippen molar-refractivity contribution in [3.8, 4) is 0 Å². The smallest absolute Gasteiger partial charge is 0.310 e. The highest BCUT2D eigenvalue weighted by Gasteiger charge is 2.15. The molecular weight excluding hydrogens is 354 g/mol. The molecule has 0 bridgehead atoms. The fourth-order valence-electron chi connectivity index (χ4n) is 2.42. The van der Waals surface area contributed by atoms with Crippen LogP contribution in [-0.2, 0) is 13.6 Å². The van der Waals surface area contributed by atoms with Gasteiger partial charge in [-0.05, 0) is 24.6 Å². The van der Waals surface area contributed by atoms with Gasteiger partial charge in [-0.2, -0.15) is 14.5 Å². The van der Waals surface area contributed by atoms with Crippen molar-refractivity contribution < 1.29 is 17.6 Å². The molecule has 6 nitrogen and oxygen atoms in total. The molecule has 0 saturated heterocycles. The second-order valence-electron chi connectivity index (χ2n) is 5.64. The molecule has 26 heavy (non-hydrogen) atoms. The Morgan fingerprint density at radius 3 is 2.35 bits per heavy atom. The first kappa shape index (κ1) is 17.6. The number of nitrogens with one attached hydrogen (secondary N) is 1. The van der Waals surface area contributed by atoms with Gasteiger partial charge in [0, 0.05) is 18.8 Å². The SMILES string of the molecule is Cc1cnn(C)c1Nc1nc(=O)c(F)cn1Cc1cc(F)c(F)c(F)c1. The van der Waals surface area contributed by atoms with Gasteiger partial charge in [0.2, 0.25) is 11.8 Å². The van der Waals surface area contributed by atoms with E-state index >= 15 is 0 Å². The molecule has 0 fully saturated rings. The van der Waals surface area contributed by atoms with E-state index in [1.165, 1.54) is 4.68 Å². The van der Waals surface area contributed by atoms with Crippen molar-refractivity contribution in [2.24, 2.45) is 7.05 Å². The van der Waals surface area contributed by atoms with Crippen molar-refractivity contribution in [2.75, 3.05) is 5.32 Å². The highest BCUT2D eigenvalue weighted by molar-refractivity contribution is 5.53. The summed E-state index contributed by atoms with van der Waals surface area (Å²) in [7, 11) is 1.64. The summed E-state index contributed by atoms with van der Waals surface area (Å²) in [6, 6.07) is 1.57. The predicted octanol–water partition coefficient (Wildman–Crippen LogP) is 2.63. The molecule has 0 spiro atoms. The van der Waals surface area contributed by atoms with E-state index in [4.69, 9.17) is 0 Å². The average Bonchev–Trinajstić information content (AvgIpc) is 2.89. The lowest BCUT2D eigenvalue weighted by atomic mass is 10.2. The Hall–Kier alpha value is -3.17. The fraction of sp³-hybridized carbons (Fsp3) is 0.188. The van der Waals surface area contributed by atoms with Crippen LogP contribution < -0.4 is 10.9 Å². The molecule has 0 aliphatic carbocycles. The quantitative estimate of drug-likeness (QED) is 0.569. The molecule has 3 aromatic rings. The van der Waals surface area contributed by atoms with Crippen molar-refractivity contribution in [1.82, 2.24) is 19.3 Å². The highest BCUT2D eigenvalue weighted by atomic mass is 19.2. The molecule has 136 valence electrons. The van der Waals surface area contributed by atoms with E-state index in [2.05, 4.69) is 15.4 Å². The maximum Gasteiger partial charge on any atom is 0.310 e. The summed E-state index contributed by atoms with van der Waals surface area (Å²) in [6.07, 6.45) is 2.42. The van der Waals surface area contributed by atoms with Crippen LogP contribution in [-0.4, -0.2) is 19.3 Å². The third-order valence-electron chi connectivity index (χ3n) is 3.70. The number of halogens is 4. The lowest BCUT2D eigenvalue weighted by Crippen LogP contribution is -2.21. The van der Waals surface area contributed by atoms with Crippen molar-refractivity contribution >= 4 is 11.8 Å². The minimum atomic E-state index is -1.60. The van der Waals surface area contributed by atoms with Gasteiger partial charge >= 0.3 is 5.56 Å². The minimum Gasteiger partial charge on any atom is -0.311 e.